The smallest absolute Gasteiger partial charge is 0.207 e. The van der Waals surface area contributed by atoms with Crippen LogP contribution in [0.5, 0.6) is 0 Å². The van der Waals surface area contributed by atoms with Crippen LogP contribution in [0.25, 0.3) is 0 Å². The number of benzene rings is 1. The summed E-state index contributed by atoms with van der Waals surface area (Å²) in [6.45, 7) is 3.11. The minimum absolute atomic E-state index is 0.285. The second kappa shape index (κ2) is 4.47. The highest BCUT2D eigenvalue weighted by molar-refractivity contribution is 9.09. The third-order valence-corrected chi connectivity index (χ3v) is 5.38. The van der Waals surface area contributed by atoms with Gasteiger partial charge in [-0.25, -0.2) is 8.42 Å². The fraction of sp³-hybridized carbons (Fsp3) is 0.455. The summed E-state index contributed by atoms with van der Waals surface area (Å²) >= 11 is 3.45. The fourth-order valence-electron chi connectivity index (χ4n) is 1.77. The molecule has 0 bridgehead atoms. The lowest BCUT2D eigenvalue weighted by Gasteiger charge is -2.15. The molecule has 0 unspecified atom stereocenters. The number of halogens is 1. The van der Waals surface area contributed by atoms with E-state index in [0.29, 0.717) is 18.0 Å². The Balaban J connectivity index is 2.29. The van der Waals surface area contributed by atoms with Crippen LogP contribution < -0.4 is 0 Å². The molecule has 0 N–H and O–H groups in total. The predicted molar refractivity (Wildman–Crippen MR) is 67.3 cm³/mol. The van der Waals surface area contributed by atoms with Crippen molar-refractivity contribution in [2.45, 2.75) is 23.1 Å². The van der Waals surface area contributed by atoms with Crippen LogP contribution in [0.1, 0.15) is 12.0 Å². The molecule has 1 fully saturated rings. The SMILES string of the molecule is Cc1ccc(S(=O)(=O)N2CC[C@@H](Br)C2)cc1. The second-order valence-corrected chi connectivity index (χ2v) is 7.29. The van der Waals surface area contributed by atoms with E-state index >= 15 is 0 Å². The van der Waals surface area contributed by atoms with Crippen molar-refractivity contribution in [1.82, 2.24) is 4.31 Å². The summed E-state index contributed by atoms with van der Waals surface area (Å²) in [5, 5.41) is 0. The van der Waals surface area contributed by atoms with Gasteiger partial charge in [0.2, 0.25) is 10.0 Å². The summed E-state index contributed by atoms with van der Waals surface area (Å²) in [5.41, 5.74) is 1.07. The lowest BCUT2D eigenvalue weighted by Crippen LogP contribution is -2.28. The minimum Gasteiger partial charge on any atom is -0.207 e. The Morgan fingerprint density at radius 2 is 1.94 bits per heavy atom. The van der Waals surface area contributed by atoms with Gasteiger partial charge in [-0.2, -0.15) is 4.31 Å². The normalized spacial score (nSPS) is 22.5. The molecular formula is C11H14BrNO2S. The van der Waals surface area contributed by atoms with Crippen molar-refractivity contribution in [2.24, 2.45) is 0 Å². The van der Waals surface area contributed by atoms with Gasteiger partial charge < -0.3 is 0 Å². The largest absolute Gasteiger partial charge is 0.243 e. The Hall–Kier alpha value is -0.390. The molecular weight excluding hydrogens is 290 g/mol. The van der Waals surface area contributed by atoms with Gasteiger partial charge in [0.1, 0.15) is 0 Å². The van der Waals surface area contributed by atoms with E-state index in [2.05, 4.69) is 15.9 Å². The average molecular weight is 304 g/mol. The summed E-state index contributed by atoms with van der Waals surface area (Å²) in [5.74, 6) is 0. The molecule has 1 atom stereocenters. The number of rotatable bonds is 2. The van der Waals surface area contributed by atoms with E-state index in [1.54, 1.807) is 12.1 Å². The number of hydrogen-bond acceptors (Lipinski definition) is 2. The lowest BCUT2D eigenvalue weighted by atomic mass is 10.2. The first-order valence-electron chi connectivity index (χ1n) is 5.21. The van der Waals surface area contributed by atoms with Crippen LogP contribution >= 0.6 is 15.9 Å². The fourth-order valence-corrected chi connectivity index (χ4v) is 4.01. The molecule has 1 aromatic rings. The third kappa shape index (κ3) is 2.31. The van der Waals surface area contributed by atoms with Crippen molar-refractivity contribution in [3.63, 3.8) is 0 Å². The predicted octanol–water partition coefficient (Wildman–Crippen LogP) is 2.15. The highest BCUT2D eigenvalue weighted by Crippen LogP contribution is 2.24. The first-order chi connectivity index (χ1) is 7.50. The molecule has 88 valence electrons. The van der Waals surface area contributed by atoms with Crippen molar-refractivity contribution < 1.29 is 8.42 Å². The molecule has 0 aromatic heterocycles. The van der Waals surface area contributed by atoms with Gasteiger partial charge >= 0.3 is 0 Å². The molecule has 1 heterocycles. The van der Waals surface area contributed by atoms with E-state index in [1.807, 2.05) is 19.1 Å². The maximum absolute atomic E-state index is 12.2. The van der Waals surface area contributed by atoms with Gasteiger partial charge in [-0.3, -0.25) is 0 Å². The molecule has 0 aliphatic carbocycles. The number of hydrogen-bond donors (Lipinski definition) is 0. The maximum atomic E-state index is 12.2. The molecule has 3 nitrogen and oxygen atoms in total. The molecule has 2 rings (SSSR count). The molecule has 0 spiro atoms. The maximum Gasteiger partial charge on any atom is 0.243 e. The Morgan fingerprint density at radius 1 is 1.31 bits per heavy atom. The zero-order valence-electron chi connectivity index (χ0n) is 9.06. The van der Waals surface area contributed by atoms with Crippen LogP contribution in [0, 0.1) is 6.92 Å². The van der Waals surface area contributed by atoms with Crippen molar-refractivity contribution in [3.8, 4) is 0 Å². The molecule has 0 radical (unpaired) electrons. The van der Waals surface area contributed by atoms with Crippen LogP contribution in [0.3, 0.4) is 0 Å². The Labute approximate surface area is 105 Å². The Bertz CT molecular complexity index is 469. The van der Waals surface area contributed by atoms with Gasteiger partial charge in [-0.15, -0.1) is 0 Å². The number of alkyl halides is 1. The van der Waals surface area contributed by atoms with Crippen molar-refractivity contribution in [2.75, 3.05) is 13.1 Å². The zero-order valence-corrected chi connectivity index (χ0v) is 11.5. The summed E-state index contributed by atoms with van der Waals surface area (Å²) in [4.78, 5) is 0.674. The van der Waals surface area contributed by atoms with Gasteiger partial charge in [0, 0.05) is 17.9 Å². The van der Waals surface area contributed by atoms with E-state index in [-0.39, 0.29) is 4.83 Å². The molecule has 1 aliphatic heterocycles. The summed E-state index contributed by atoms with van der Waals surface area (Å²) in [6.07, 6.45) is 0.880. The molecule has 0 saturated carbocycles. The van der Waals surface area contributed by atoms with Crippen LogP contribution in [-0.4, -0.2) is 30.6 Å². The van der Waals surface area contributed by atoms with Crippen LogP contribution in [0.2, 0.25) is 0 Å². The topological polar surface area (TPSA) is 37.4 Å². The second-order valence-electron chi connectivity index (χ2n) is 4.06. The van der Waals surface area contributed by atoms with Gasteiger partial charge in [-0.05, 0) is 25.5 Å². The molecule has 16 heavy (non-hydrogen) atoms. The van der Waals surface area contributed by atoms with Crippen LogP contribution in [-0.2, 0) is 10.0 Å². The molecule has 5 heteroatoms. The third-order valence-electron chi connectivity index (χ3n) is 2.75. The quantitative estimate of drug-likeness (QED) is 0.785. The molecule has 1 saturated heterocycles. The van der Waals surface area contributed by atoms with Crippen molar-refractivity contribution in [3.05, 3.63) is 29.8 Å². The van der Waals surface area contributed by atoms with Gasteiger partial charge in [0.25, 0.3) is 0 Å². The first kappa shape index (κ1) is 12.1. The van der Waals surface area contributed by atoms with Crippen LogP contribution in [0.4, 0.5) is 0 Å². The summed E-state index contributed by atoms with van der Waals surface area (Å²) in [7, 11) is -3.29. The molecule has 0 amide bonds. The first-order valence-corrected chi connectivity index (χ1v) is 7.56. The molecule has 1 aromatic carbocycles. The lowest BCUT2D eigenvalue weighted by molar-refractivity contribution is 0.478. The van der Waals surface area contributed by atoms with E-state index in [4.69, 9.17) is 0 Å². The summed E-state index contributed by atoms with van der Waals surface area (Å²) in [6, 6.07) is 7.00. The minimum atomic E-state index is -3.29. The van der Waals surface area contributed by atoms with Gasteiger partial charge in [0.05, 0.1) is 4.90 Å². The van der Waals surface area contributed by atoms with Crippen molar-refractivity contribution >= 4 is 26.0 Å². The standard InChI is InChI=1S/C11H14BrNO2S/c1-9-2-4-11(5-3-9)16(14,15)13-7-6-10(12)8-13/h2-5,10H,6-8H2,1H3/t10-/m1/s1. The van der Waals surface area contributed by atoms with Crippen LogP contribution in [0.15, 0.2) is 29.2 Å². The highest BCUT2D eigenvalue weighted by atomic mass is 79.9. The number of aryl methyl sites for hydroxylation is 1. The van der Waals surface area contributed by atoms with E-state index in [1.165, 1.54) is 4.31 Å². The van der Waals surface area contributed by atoms with E-state index < -0.39 is 10.0 Å². The van der Waals surface area contributed by atoms with Gasteiger partial charge in [0.15, 0.2) is 0 Å². The van der Waals surface area contributed by atoms with E-state index in [0.717, 1.165) is 12.0 Å². The monoisotopic (exact) mass is 303 g/mol. The Kier molecular flexibility index (Phi) is 3.37. The van der Waals surface area contributed by atoms with E-state index in [9.17, 15) is 8.42 Å². The Morgan fingerprint density at radius 3 is 2.44 bits per heavy atom. The zero-order chi connectivity index (χ0) is 11.8. The average Bonchev–Trinajstić information content (AvgIpc) is 2.66. The number of sulfonamides is 1. The number of nitrogens with zero attached hydrogens (tertiary/aromatic N) is 1. The van der Waals surface area contributed by atoms with Gasteiger partial charge in [-0.1, -0.05) is 33.6 Å². The molecule has 1 aliphatic rings. The summed E-state index contributed by atoms with van der Waals surface area (Å²) < 4.78 is 25.9. The highest BCUT2D eigenvalue weighted by Gasteiger charge is 2.31. The van der Waals surface area contributed by atoms with Crippen molar-refractivity contribution in [1.29, 1.82) is 0 Å².